The average Bonchev–Trinajstić information content (AvgIpc) is 3.28. The van der Waals surface area contributed by atoms with Crippen LogP contribution in [0.5, 0.6) is 0 Å². The first-order valence-electron chi connectivity index (χ1n) is 8.91. The normalized spacial score (nSPS) is 16.1. The highest BCUT2D eigenvalue weighted by molar-refractivity contribution is 5.90. The number of rotatable bonds is 5. The molecule has 2 amide bonds. The van der Waals surface area contributed by atoms with Crippen LogP contribution >= 0.6 is 0 Å². The molecule has 1 aliphatic rings. The summed E-state index contributed by atoms with van der Waals surface area (Å²) in [5.74, 6) is -0.725. The molecule has 4 rings (SSSR count). The summed E-state index contributed by atoms with van der Waals surface area (Å²) in [6.45, 7) is 1.79. The summed E-state index contributed by atoms with van der Waals surface area (Å²) in [6, 6.07) is 7.84. The van der Waals surface area contributed by atoms with Gasteiger partial charge in [-0.15, -0.1) is 0 Å². The maximum atomic E-state index is 14.8. The number of imidazole rings is 1. The lowest BCUT2D eigenvalue weighted by Crippen LogP contribution is -2.33. The third-order valence-electron chi connectivity index (χ3n) is 4.69. The summed E-state index contributed by atoms with van der Waals surface area (Å²) in [5.41, 5.74) is 2.24. The molecule has 29 heavy (non-hydrogen) atoms. The van der Waals surface area contributed by atoms with Gasteiger partial charge in [0.15, 0.2) is 6.29 Å². The Hall–Kier alpha value is -3.75. The van der Waals surface area contributed by atoms with Crippen LogP contribution in [0.2, 0.25) is 0 Å². The van der Waals surface area contributed by atoms with Crippen LogP contribution in [0, 0.1) is 5.82 Å². The van der Waals surface area contributed by atoms with Crippen molar-refractivity contribution >= 4 is 29.6 Å². The van der Waals surface area contributed by atoms with Gasteiger partial charge in [-0.2, -0.15) is 0 Å². The second-order valence-corrected chi connectivity index (χ2v) is 6.66. The summed E-state index contributed by atoms with van der Waals surface area (Å²) in [4.78, 5) is 39.6. The molecule has 1 N–H and O–H groups in total. The maximum absolute atomic E-state index is 14.8. The highest BCUT2D eigenvalue weighted by Crippen LogP contribution is 2.29. The van der Waals surface area contributed by atoms with E-state index in [1.807, 2.05) is 0 Å². The number of anilines is 1. The number of nitrogens with zero attached hydrogens (tertiary/aromatic N) is 3. The van der Waals surface area contributed by atoms with Crippen LogP contribution in [-0.2, 0) is 9.53 Å². The van der Waals surface area contributed by atoms with Gasteiger partial charge in [-0.05, 0) is 35.9 Å². The highest BCUT2D eigenvalue weighted by atomic mass is 19.1. The average molecular weight is 396 g/mol. The van der Waals surface area contributed by atoms with Gasteiger partial charge in [0, 0.05) is 18.7 Å². The van der Waals surface area contributed by atoms with E-state index in [1.54, 1.807) is 34.9 Å². The predicted octanol–water partition coefficient (Wildman–Crippen LogP) is 2.41. The van der Waals surface area contributed by atoms with Gasteiger partial charge in [-0.25, -0.2) is 14.2 Å². The summed E-state index contributed by atoms with van der Waals surface area (Å²) >= 11 is 0. The molecule has 1 aromatic carbocycles. The Morgan fingerprint density at radius 2 is 2.21 bits per heavy atom. The minimum atomic E-state index is -0.590. The Labute approximate surface area is 164 Å². The fraction of sp³-hybridized carbons (Fsp3) is 0.200. The first kappa shape index (κ1) is 18.6. The van der Waals surface area contributed by atoms with E-state index in [0.717, 1.165) is 0 Å². The summed E-state index contributed by atoms with van der Waals surface area (Å²) < 4.78 is 21.6. The molecule has 3 aromatic rings. The Balaban J connectivity index is 1.57. The van der Waals surface area contributed by atoms with E-state index in [0.29, 0.717) is 34.4 Å². The van der Waals surface area contributed by atoms with E-state index >= 15 is 0 Å². The molecule has 0 bridgehead atoms. The lowest BCUT2D eigenvalue weighted by molar-refractivity contribution is -0.119. The Bertz CT molecular complexity index is 1130. The number of carbonyl (C=O) groups excluding carboxylic acids is 3. The first-order valence-corrected chi connectivity index (χ1v) is 8.91. The quantitative estimate of drug-likeness (QED) is 0.669. The molecule has 0 aliphatic carbocycles. The fourth-order valence-corrected chi connectivity index (χ4v) is 3.26. The molecule has 8 nitrogen and oxygen atoms in total. The van der Waals surface area contributed by atoms with Gasteiger partial charge >= 0.3 is 6.09 Å². The van der Waals surface area contributed by atoms with Gasteiger partial charge < -0.3 is 10.1 Å². The van der Waals surface area contributed by atoms with E-state index in [2.05, 4.69) is 10.3 Å². The smallest absolute Gasteiger partial charge is 0.414 e. The Morgan fingerprint density at radius 3 is 2.93 bits per heavy atom. The number of nitrogens with one attached hydrogen (secondary N) is 1. The number of amides is 2. The molecule has 1 aliphatic heterocycles. The van der Waals surface area contributed by atoms with Crippen molar-refractivity contribution in [2.24, 2.45) is 0 Å². The van der Waals surface area contributed by atoms with Gasteiger partial charge in [0.05, 0.1) is 25.0 Å². The zero-order chi connectivity index (χ0) is 20.5. The van der Waals surface area contributed by atoms with Gasteiger partial charge in [0.1, 0.15) is 23.3 Å². The molecule has 1 fully saturated rings. The van der Waals surface area contributed by atoms with Crippen LogP contribution in [-0.4, -0.2) is 46.9 Å². The number of carbonyl (C=O) groups is 3. The largest absolute Gasteiger partial charge is 0.442 e. The molecule has 3 heterocycles. The van der Waals surface area contributed by atoms with Gasteiger partial charge in [0.2, 0.25) is 5.91 Å². The predicted molar refractivity (Wildman–Crippen MR) is 102 cm³/mol. The number of fused-ring (bicyclic) bond motifs is 1. The van der Waals surface area contributed by atoms with Crippen molar-refractivity contribution in [1.82, 2.24) is 14.7 Å². The number of ether oxygens (including phenoxy) is 1. The van der Waals surface area contributed by atoms with Crippen molar-refractivity contribution in [2.75, 3.05) is 18.0 Å². The van der Waals surface area contributed by atoms with Crippen LogP contribution in [0.25, 0.3) is 16.8 Å². The lowest BCUT2D eigenvalue weighted by Gasteiger charge is -2.14. The van der Waals surface area contributed by atoms with Gasteiger partial charge in [-0.1, -0.05) is 0 Å². The van der Waals surface area contributed by atoms with E-state index in [4.69, 9.17) is 4.74 Å². The number of pyridine rings is 1. The molecule has 9 heteroatoms. The topological polar surface area (TPSA) is 93.0 Å². The van der Waals surface area contributed by atoms with Crippen LogP contribution in [0.4, 0.5) is 14.9 Å². The van der Waals surface area contributed by atoms with Crippen LogP contribution in [0.3, 0.4) is 0 Å². The minimum Gasteiger partial charge on any atom is -0.442 e. The first-order chi connectivity index (χ1) is 14.0. The molecule has 1 atom stereocenters. The summed E-state index contributed by atoms with van der Waals surface area (Å²) in [6.07, 6.45) is 2.71. The highest BCUT2D eigenvalue weighted by Gasteiger charge is 2.32. The van der Waals surface area contributed by atoms with E-state index < -0.39 is 18.0 Å². The second kappa shape index (κ2) is 7.34. The molecule has 0 spiro atoms. The number of aromatic nitrogens is 2. The Morgan fingerprint density at radius 1 is 1.38 bits per heavy atom. The van der Waals surface area contributed by atoms with Crippen molar-refractivity contribution in [1.29, 1.82) is 0 Å². The van der Waals surface area contributed by atoms with Crippen molar-refractivity contribution in [3.8, 4) is 11.1 Å². The molecule has 0 radical (unpaired) electrons. The molecule has 0 unspecified atom stereocenters. The van der Waals surface area contributed by atoms with E-state index in [1.165, 1.54) is 24.1 Å². The van der Waals surface area contributed by atoms with Crippen LogP contribution in [0.1, 0.15) is 17.4 Å². The molecule has 148 valence electrons. The van der Waals surface area contributed by atoms with Gasteiger partial charge in [-0.3, -0.25) is 18.9 Å². The number of benzene rings is 1. The zero-order valence-corrected chi connectivity index (χ0v) is 15.5. The van der Waals surface area contributed by atoms with Crippen LogP contribution < -0.4 is 10.2 Å². The molecular weight excluding hydrogens is 379 g/mol. The van der Waals surface area contributed by atoms with Crippen molar-refractivity contribution < 1.29 is 23.5 Å². The summed E-state index contributed by atoms with van der Waals surface area (Å²) in [5, 5.41) is 2.60. The molecule has 0 saturated carbocycles. The van der Waals surface area contributed by atoms with Crippen molar-refractivity contribution in [3.63, 3.8) is 0 Å². The SMILES string of the molecule is CC(=O)NC[C@H]1CN(c2ccc(-c3ccn4c(C=O)cnc4c3)c(F)c2)C(=O)O1. The van der Waals surface area contributed by atoms with Crippen molar-refractivity contribution in [2.45, 2.75) is 13.0 Å². The number of aldehydes is 1. The summed E-state index contributed by atoms with van der Waals surface area (Å²) in [7, 11) is 0. The monoisotopic (exact) mass is 396 g/mol. The second-order valence-electron chi connectivity index (χ2n) is 6.66. The number of halogens is 1. The van der Waals surface area contributed by atoms with E-state index in [9.17, 15) is 18.8 Å². The maximum Gasteiger partial charge on any atom is 0.414 e. The van der Waals surface area contributed by atoms with Gasteiger partial charge in [0.25, 0.3) is 0 Å². The Kier molecular flexibility index (Phi) is 4.71. The van der Waals surface area contributed by atoms with E-state index in [-0.39, 0.29) is 19.0 Å². The molecular formula is C20H17FN4O4. The fourth-order valence-electron chi connectivity index (χ4n) is 3.26. The number of cyclic esters (lactones) is 1. The third kappa shape index (κ3) is 3.54. The lowest BCUT2D eigenvalue weighted by atomic mass is 10.1. The standard InChI is InChI=1S/C20H17FN4O4/c1-12(27)22-9-16-10-25(20(28)29-16)14-2-3-17(18(21)7-14)13-4-5-24-15(11-26)8-23-19(24)6-13/h2-8,11,16H,9-10H2,1H3,(H,22,27)/t16-/m0/s1. The molecule has 2 aromatic heterocycles. The zero-order valence-electron chi connectivity index (χ0n) is 15.5. The number of hydrogen-bond donors (Lipinski definition) is 1. The third-order valence-corrected chi connectivity index (χ3v) is 4.69. The minimum absolute atomic E-state index is 0.200. The van der Waals surface area contributed by atoms with Crippen LogP contribution in [0.15, 0.2) is 42.7 Å². The molecule has 1 saturated heterocycles. The van der Waals surface area contributed by atoms with Crippen molar-refractivity contribution in [3.05, 3.63) is 54.2 Å². The number of hydrogen-bond acceptors (Lipinski definition) is 5.